The van der Waals surface area contributed by atoms with Gasteiger partial charge in [-0.3, -0.25) is 9.59 Å². The van der Waals surface area contributed by atoms with E-state index in [4.69, 9.17) is 9.47 Å². The molecule has 0 aromatic heterocycles. The molecule has 6 nitrogen and oxygen atoms in total. The van der Waals surface area contributed by atoms with Gasteiger partial charge < -0.3 is 20.1 Å². The van der Waals surface area contributed by atoms with Crippen LogP contribution in [-0.4, -0.2) is 38.7 Å². The van der Waals surface area contributed by atoms with Crippen molar-refractivity contribution in [3.05, 3.63) is 76.1 Å². The third-order valence-electron chi connectivity index (χ3n) is 7.60. The van der Waals surface area contributed by atoms with Crippen LogP contribution in [0.25, 0.3) is 6.08 Å². The SMILES string of the molecule is COC/C=C/c1ccc(OC)c(C(=O)N[C@@H]2C3CCC(C3=C(C)C)[C@@H]2C(=O)Nc2ccc(F)c(C(F)(F)F)c2)c1. The number of ether oxygens (including phenoxy) is 2. The Kier molecular flexibility index (Phi) is 8.68. The first-order valence-corrected chi connectivity index (χ1v) is 13.0. The summed E-state index contributed by atoms with van der Waals surface area (Å²) in [6.07, 6.45) is 0.199. The molecule has 2 aliphatic rings. The maximum atomic E-state index is 13.8. The number of fused-ring (bicyclic) bond motifs is 2. The van der Waals surface area contributed by atoms with Crippen LogP contribution < -0.4 is 15.4 Å². The molecule has 2 aromatic carbocycles. The topological polar surface area (TPSA) is 76.7 Å². The Morgan fingerprint density at radius 3 is 2.42 bits per heavy atom. The van der Waals surface area contributed by atoms with Crippen molar-refractivity contribution in [3.63, 3.8) is 0 Å². The summed E-state index contributed by atoms with van der Waals surface area (Å²) in [6, 6.07) is 6.94. The summed E-state index contributed by atoms with van der Waals surface area (Å²) in [4.78, 5) is 27.1. The van der Waals surface area contributed by atoms with E-state index in [0.717, 1.165) is 35.6 Å². The fourth-order valence-electron chi connectivity index (χ4n) is 6.03. The number of halogens is 4. The molecule has 0 aliphatic heterocycles. The van der Waals surface area contributed by atoms with Gasteiger partial charge in [-0.2, -0.15) is 13.2 Å². The van der Waals surface area contributed by atoms with E-state index < -0.39 is 41.3 Å². The lowest BCUT2D eigenvalue weighted by Crippen LogP contribution is -2.48. The molecule has 0 saturated heterocycles. The zero-order valence-corrected chi connectivity index (χ0v) is 22.7. The van der Waals surface area contributed by atoms with Gasteiger partial charge in [0.25, 0.3) is 5.91 Å². The minimum atomic E-state index is -4.91. The van der Waals surface area contributed by atoms with E-state index in [1.54, 1.807) is 31.4 Å². The Bertz CT molecular complexity index is 1350. The summed E-state index contributed by atoms with van der Waals surface area (Å²) in [5, 5.41) is 5.59. The highest BCUT2D eigenvalue weighted by atomic mass is 19.4. The van der Waals surface area contributed by atoms with Crippen molar-refractivity contribution < 1.29 is 36.6 Å². The first-order valence-electron chi connectivity index (χ1n) is 13.0. The van der Waals surface area contributed by atoms with E-state index in [-0.39, 0.29) is 23.1 Å². The van der Waals surface area contributed by atoms with E-state index in [1.807, 2.05) is 19.9 Å². The van der Waals surface area contributed by atoms with Crippen molar-refractivity contribution in [1.82, 2.24) is 5.32 Å². The number of hydrogen-bond acceptors (Lipinski definition) is 4. The highest BCUT2D eigenvalue weighted by molar-refractivity contribution is 5.99. The highest BCUT2D eigenvalue weighted by Gasteiger charge is 2.55. The third kappa shape index (κ3) is 5.91. The molecule has 0 spiro atoms. The standard InChI is InChI=1S/C30H32F4N2O4/c1-16(2)25-19-9-10-20(25)27(26(19)29(38)35-18-8-11-23(31)22(15-18)30(32,33)34)36-28(37)21-14-17(6-5-13-39-3)7-12-24(21)40-4/h5-8,11-12,14-15,19-20,26-27H,9-10,13H2,1-4H3,(H,35,38)(H,36,37)/b6-5+/t19?,20?,26-,27+/m0/s1. The van der Waals surface area contributed by atoms with Gasteiger partial charge in [-0.1, -0.05) is 29.4 Å². The van der Waals surface area contributed by atoms with Crippen LogP contribution in [-0.2, 0) is 15.7 Å². The molecule has 2 amide bonds. The lowest BCUT2D eigenvalue weighted by Gasteiger charge is -2.30. The molecular weight excluding hydrogens is 528 g/mol. The van der Waals surface area contributed by atoms with Crippen LogP contribution in [0.5, 0.6) is 5.75 Å². The van der Waals surface area contributed by atoms with E-state index in [1.165, 1.54) is 7.11 Å². The van der Waals surface area contributed by atoms with Crippen molar-refractivity contribution in [3.8, 4) is 5.75 Å². The second-order valence-electron chi connectivity index (χ2n) is 10.3. The van der Waals surface area contributed by atoms with Crippen LogP contribution >= 0.6 is 0 Å². The minimum absolute atomic E-state index is 0.0931. The van der Waals surface area contributed by atoms with Gasteiger partial charge in [0.1, 0.15) is 11.6 Å². The molecule has 2 N–H and O–H groups in total. The molecular formula is C30H32F4N2O4. The molecule has 4 rings (SSSR count). The molecule has 2 aromatic rings. The molecule has 2 aliphatic carbocycles. The van der Waals surface area contributed by atoms with E-state index in [0.29, 0.717) is 24.5 Å². The summed E-state index contributed by atoms with van der Waals surface area (Å²) in [5.41, 5.74) is 1.56. The second-order valence-corrected chi connectivity index (χ2v) is 10.3. The van der Waals surface area contributed by atoms with Crippen molar-refractivity contribution in [2.24, 2.45) is 17.8 Å². The number of methoxy groups -OCH3 is 2. The monoisotopic (exact) mass is 560 g/mol. The molecule has 40 heavy (non-hydrogen) atoms. The van der Waals surface area contributed by atoms with Gasteiger partial charge in [0.05, 0.1) is 30.8 Å². The Balaban J connectivity index is 1.63. The van der Waals surface area contributed by atoms with Gasteiger partial charge in [0.2, 0.25) is 5.91 Å². The molecule has 2 saturated carbocycles. The summed E-state index contributed by atoms with van der Waals surface area (Å²) in [7, 11) is 3.03. The number of allylic oxidation sites excluding steroid dienone is 1. The van der Waals surface area contributed by atoms with Gasteiger partial charge in [-0.15, -0.1) is 0 Å². The van der Waals surface area contributed by atoms with Crippen molar-refractivity contribution in [2.75, 3.05) is 26.1 Å². The first kappa shape index (κ1) is 29.3. The number of carbonyl (C=O) groups excluding carboxylic acids is 2. The summed E-state index contributed by atoms with van der Waals surface area (Å²) in [5.74, 6) is -3.00. The fraction of sp³-hybridized carbons (Fsp3) is 0.400. The van der Waals surface area contributed by atoms with Crippen molar-refractivity contribution >= 4 is 23.6 Å². The van der Waals surface area contributed by atoms with E-state index >= 15 is 0 Å². The van der Waals surface area contributed by atoms with Gasteiger partial charge in [-0.05, 0) is 68.5 Å². The summed E-state index contributed by atoms with van der Waals surface area (Å²) >= 11 is 0. The number of rotatable bonds is 8. The molecule has 0 radical (unpaired) electrons. The van der Waals surface area contributed by atoms with Gasteiger partial charge in [0.15, 0.2) is 0 Å². The maximum Gasteiger partial charge on any atom is 0.419 e. The highest BCUT2D eigenvalue weighted by Crippen LogP contribution is 2.54. The average Bonchev–Trinajstić information content (AvgIpc) is 3.46. The lowest BCUT2D eigenvalue weighted by molar-refractivity contribution is -0.140. The molecule has 2 bridgehead atoms. The molecule has 2 unspecified atom stereocenters. The number of anilines is 1. The van der Waals surface area contributed by atoms with Crippen molar-refractivity contribution in [2.45, 2.75) is 38.9 Å². The predicted octanol–water partition coefficient (Wildman–Crippen LogP) is 6.24. The zero-order chi connectivity index (χ0) is 29.2. The summed E-state index contributed by atoms with van der Waals surface area (Å²) in [6.45, 7) is 4.31. The molecule has 0 heterocycles. The molecule has 4 atom stereocenters. The van der Waals surface area contributed by atoms with Crippen molar-refractivity contribution in [1.29, 1.82) is 0 Å². The fourth-order valence-corrected chi connectivity index (χ4v) is 6.03. The van der Waals surface area contributed by atoms with Gasteiger partial charge in [0, 0.05) is 24.8 Å². The lowest BCUT2D eigenvalue weighted by atomic mass is 9.83. The minimum Gasteiger partial charge on any atom is -0.496 e. The second kappa shape index (κ2) is 11.8. The smallest absolute Gasteiger partial charge is 0.419 e. The van der Waals surface area contributed by atoms with E-state index in [9.17, 15) is 27.2 Å². The number of alkyl halides is 3. The van der Waals surface area contributed by atoms with Crippen LogP contribution in [0.2, 0.25) is 0 Å². The number of benzene rings is 2. The molecule has 2 fully saturated rings. The average molecular weight is 561 g/mol. The number of hydrogen-bond donors (Lipinski definition) is 2. The third-order valence-corrected chi connectivity index (χ3v) is 7.60. The number of carbonyl (C=O) groups is 2. The normalized spacial score (nSPS) is 22.1. The van der Waals surface area contributed by atoms with Gasteiger partial charge >= 0.3 is 6.18 Å². The Labute approximate surface area is 230 Å². The van der Waals surface area contributed by atoms with E-state index in [2.05, 4.69) is 10.6 Å². The zero-order valence-electron chi connectivity index (χ0n) is 22.7. The Morgan fingerprint density at radius 1 is 1.05 bits per heavy atom. The Hall–Kier alpha value is -3.66. The quantitative estimate of drug-likeness (QED) is 0.296. The molecule has 214 valence electrons. The maximum absolute atomic E-state index is 13.8. The number of nitrogens with one attached hydrogen (secondary N) is 2. The van der Waals surface area contributed by atoms with Gasteiger partial charge in [-0.25, -0.2) is 4.39 Å². The van der Waals surface area contributed by atoms with Crippen LogP contribution in [0.1, 0.15) is 48.2 Å². The van der Waals surface area contributed by atoms with Crippen LogP contribution in [0.15, 0.2) is 53.6 Å². The first-order chi connectivity index (χ1) is 19.0. The largest absolute Gasteiger partial charge is 0.496 e. The van der Waals surface area contributed by atoms with Crippen LogP contribution in [0.4, 0.5) is 23.2 Å². The van der Waals surface area contributed by atoms with Crippen LogP contribution in [0, 0.1) is 23.6 Å². The summed E-state index contributed by atoms with van der Waals surface area (Å²) < 4.78 is 64.0. The predicted molar refractivity (Wildman–Crippen MR) is 143 cm³/mol. The molecule has 10 heteroatoms. The number of amides is 2. The van der Waals surface area contributed by atoms with Crippen LogP contribution in [0.3, 0.4) is 0 Å². The Morgan fingerprint density at radius 2 is 1.77 bits per heavy atom.